The van der Waals surface area contributed by atoms with Crippen molar-refractivity contribution in [2.24, 2.45) is 0 Å². The number of phenolic OH excluding ortho intramolecular Hbond substituents is 1. The number of fused-ring (bicyclic) bond motifs is 1. The Morgan fingerprint density at radius 2 is 2.00 bits per heavy atom. The van der Waals surface area contributed by atoms with Gasteiger partial charge in [0.2, 0.25) is 0 Å². The number of aromatic amines is 1. The number of methoxy groups -OCH3 is 1. The number of rotatable bonds is 3. The monoisotopic (exact) mass is 282 g/mol. The molecule has 0 unspecified atom stereocenters. The van der Waals surface area contributed by atoms with Gasteiger partial charge >= 0.3 is 0 Å². The van der Waals surface area contributed by atoms with E-state index in [0.29, 0.717) is 11.4 Å². The summed E-state index contributed by atoms with van der Waals surface area (Å²) in [6, 6.07) is 13.9. The minimum absolute atomic E-state index is 0.0311. The highest BCUT2D eigenvalue weighted by Crippen LogP contribution is 2.24. The number of amides is 1. The molecule has 1 aromatic heterocycles. The third-order valence-electron chi connectivity index (χ3n) is 3.23. The molecule has 5 nitrogen and oxygen atoms in total. The Kier molecular flexibility index (Phi) is 3.23. The first kappa shape index (κ1) is 13.1. The molecule has 0 radical (unpaired) electrons. The molecule has 3 aromatic rings. The number of aromatic nitrogens is 1. The Hall–Kier alpha value is -2.95. The predicted octanol–water partition coefficient (Wildman–Crippen LogP) is 3.13. The number of para-hydroxylation sites is 2. The summed E-state index contributed by atoms with van der Waals surface area (Å²) in [5.41, 5.74) is 1.61. The number of ether oxygens (including phenoxy) is 1. The lowest BCUT2D eigenvalue weighted by molar-refractivity contribution is 0.102. The molecule has 21 heavy (non-hydrogen) atoms. The highest BCUT2D eigenvalue weighted by molar-refractivity contribution is 6.06. The van der Waals surface area contributed by atoms with Gasteiger partial charge in [-0.25, -0.2) is 0 Å². The van der Waals surface area contributed by atoms with E-state index < -0.39 is 0 Å². The van der Waals surface area contributed by atoms with Crippen LogP contribution in [0, 0.1) is 0 Å². The van der Waals surface area contributed by atoms with Crippen LogP contribution in [-0.2, 0) is 0 Å². The predicted molar refractivity (Wildman–Crippen MR) is 80.9 cm³/mol. The first-order valence-corrected chi connectivity index (χ1v) is 6.43. The molecule has 0 aliphatic carbocycles. The number of anilines is 1. The van der Waals surface area contributed by atoms with Crippen molar-refractivity contribution >= 4 is 22.5 Å². The molecule has 2 aromatic carbocycles. The highest BCUT2D eigenvalue weighted by Gasteiger charge is 2.11. The molecule has 3 N–H and O–H groups in total. The summed E-state index contributed by atoms with van der Waals surface area (Å²) in [5.74, 6) is 0.437. The maximum Gasteiger partial charge on any atom is 0.272 e. The van der Waals surface area contributed by atoms with E-state index in [1.165, 1.54) is 6.07 Å². The van der Waals surface area contributed by atoms with Crippen molar-refractivity contribution in [3.05, 3.63) is 54.2 Å². The van der Waals surface area contributed by atoms with Crippen LogP contribution in [0.2, 0.25) is 0 Å². The molecule has 0 spiro atoms. The lowest BCUT2D eigenvalue weighted by atomic mass is 10.2. The smallest absolute Gasteiger partial charge is 0.272 e. The zero-order chi connectivity index (χ0) is 14.8. The van der Waals surface area contributed by atoms with Gasteiger partial charge in [-0.15, -0.1) is 0 Å². The van der Waals surface area contributed by atoms with Crippen LogP contribution in [-0.4, -0.2) is 23.1 Å². The second kappa shape index (κ2) is 5.20. The van der Waals surface area contributed by atoms with Crippen LogP contribution < -0.4 is 10.1 Å². The summed E-state index contributed by atoms with van der Waals surface area (Å²) < 4.78 is 5.15. The first-order valence-electron chi connectivity index (χ1n) is 6.43. The molecule has 1 heterocycles. The largest absolute Gasteiger partial charge is 0.506 e. The van der Waals surface area contributed by atoms with E-state index in [0.717, 1.165) is 16.7 Å². The van der Waals surface area contributed by atoms with E-state index in [9.17, 15) is 9.90 Å². The van der Waals surface area contributed by atoms with Crippen LogP contribution in [0.1, 0.15) is 10.5 Å². The van der Waals surface area contributed by atoms with E-state index in [2.05, 4.69) is 10.3 Å². The van der Waals surface area contributed by atoms with Gasteiger partial charge in [0.15, 0.2) is 0 Å². The van der Waals surface area contributed by atoms with Crippen LogP contribution in [0.15, 0.2) is 48.5 Å². The number of nitrogens with one attached hydrogen (secondary N) is 2. The molecule has 3 rings (SSSR count). The Balaban J connectivity index is 1.89. The van der Waals surface area contributed by atoms with E-state index >= 15 is 0 Å². The Bertz CT molecular complexity index is 808. The second-order valence-corrected chi connectivity index (χ2v) is 4.61. The lowest BCUT2D eigenvalue weighted by Crippen LogP contribution is -2.12. The fraction of sp³-hybridized carbons (Fsp3) is 0.0625. The third kappa shape index (κ3) is 2.53. The zero-order valence-electron chi connectivity index (χ0n) is 11.4. The number of aromatic hydroxyl groups is 1. The Morgan fingerprint density at radius 1 is 1.19 bits per heavy atom. The Labute approximate surface area is 121 Å². The molecule has 0 bridgehead atoms. The van der Waals surface area contributed by atoms with E-state index in [4.69, 9.17) is 4.74 Å². The van der Waals surface area contributed by atoms with Gasteiger partial charge in [-0.1, -0.05) is 12.1 Å². The fourth-order valence-corrected chi connectivity index (χ4v) is 2.12. The van der Waals surface area contributed by atoms with Crippen LogP contribution in [0.25, 0.3) is 10.9 Å². The summed E-state index contributed by atoms with van der Waals surface area (Å²) in [7, 11) is 1.59. The molecular weight excluding hydrogens is 268 g/mol. The summed E-state index contributed by atoms with van der Waals surface area (Å²) >= 11 is 0. The lowest BCUT2D eigenvalue weighted by Gasteiger charge is -2.05. The van der Waals surface area contributed by atoms with Gasteiger partial charge in [0.25, 0.3) is 5.91 Å². The number of hydrogen-bond donors (Lipinski definition) is 3. The maximum atomic E-state index is 12.2. The van der Waals surface area contributed by atoms with Gasteiger partial charge < -0.3 is 20.1 Å². The topological polar surface area (TPSA) is 74.3 Å². The number of carbonyl (C=O) groups is 1. The SMILES string of the molecule is COc1ccc2cc(C(=O)Nc3ccccc3O)[nH]c2c1. The zero-order valence-corrected chi connectivity index (χ0v) is 11.4. The van der Waals surface area contributed by atoms with Gasteiger partial charge in [0.05, 0.1) is 12.8 Å². The average molecular weight is 282 g/mol. The summed E-state index contributed by atoms with van der Waals surface area (Å²) in [6.07, 6.45) is 0. The van der Waals surface area contributed by atoms with Crippen molar-refractivity contribution in [2.75, 3.05) is 12.4 Å². The average Bonchev–Trinajstić information content (AvgIpc) is 2.92. The van der Waals surface area contributed by atoms with Gasteiger partial charge in [-0.05, 0) is 30.3 Å². The molecule has 0 atom stereocenters. The number of phenols is 1. The summed E-state index contributed by atoms with van der Waals surface area (Å²) in [4.78, 5) is 15.2. The number of H-pyrrole nitrogens is 1. The van der Waals surface area contributed by atoms with Gasteiger partial charge in [0.1, 0.15) is 17.2 Å². The molecule has 1 amide bonds. The Morgan fingerprint density at radius 3 is 2.76 bits per heavy atom. The molecule has 0 aliphatic heterocycles. The molecule has 0 saturated carbocycles. The number of carbonyl (C=O) groups excluding carboxylic acids is 1. The molecule has 0 saturated heterocycles. The minimum Gasteiger partial charge on any atom is -0.506 e. The van der Waals surface area contributed by atoms with Gasteiger partial charge in [-0.2, -0.15) is 0 Å². The molecular formula is C16H14N2O3. The van der Waals surface area contributed by atoms with Crippen LogP contribution in [0.3, 0.4) is 0 Å². The fourth-order valence-electron chi connectivity index (χ4n) is 2.12. The van der Waals surface area contributed by atoms with Crippen LogP contribution >= 0.6 is 0 Å². The molecule has 0 fully saturated rings. The van der Waals surface area contributed by atoms with Crippen molar-refractivity contribution in [3.8, 4) is 11.5 Å². The van der Waals surface area contributed by atoms with E-state index in [1.807, 2.05) is 18.2 Å². The van der Waals surface area contributed by atoms with Crippen LogP contribution in [0.4, 0.5) is 5.69 Å². The standard InChI is InChI=1S/C16H14N2O3/c1-21-11-7-6-10-8-14(17-13(10)9-11)16(20)18-12-4-2-3-5-15(12)19/h2-9,17,19H,1H3,(H,18,20). The van der Waals surface area contributed by atoms with Crippen molar-refractivity contribution in [1.29, 1.82) is 0 Å². The maximum absolute atomic E-state index is 12.2. The second-order valence-electron chi connectivity index (χ2n) is 4.61. The van der Waals surface area contributed by atoms with Crippen molar-refractivity contribution in [1.82, 2.24) is 4.98 Å². The van der Waals surface area contributed by atoms with Gasteiger partial charge in [-0.3, -0.25) is 4.79 Å². The quantitative estimate of drug-likeness (QED) is 0.646. The number of benzene rings is 2. The van der Waals surface area contributed by atoms with Crippen LogP contribution in [0.5, 0.6) is 11.5 Å². The molecule has 106 valence electrons. The minimum atomic E-state index is -0.313. The third-order valence-corrected chi connectivity index (χ3v) is 3.23. The molecule has 0 aliphatic rings. The van der Waals surface area contributed by atoms with Crippen molar-refractivity contribution in [3.63, 3.8) is 0 Å². The molecule has 5 heteroatoms. The number of hydrogen-bond acceptors (Lipinski definition) is 3. The summed E-state index contributed by atoms with van der Waals surface area (Å²) in [5, 5.41) is 13.3. The highest BCUT2D eigenvalue weighted by atomic mass is 16.5. The van der Waals surface area contributed by atoms with E-state index in [-0.39, 0.29) is 11.7 Å². The normalized spacial score (nSPS) is 10.5. The summed E-state index contributed by atoms with van der Waals surface area (Å²) in [6.45, 7) is 0. The van der Waals surface area contributed by atoms with Crippen molar-refractivity contribution in [2.45, 2.75) is 0 Å². The van der Waals surface area contributed by atoms with E-state index in [1.54, 1.807) is 31.4 Å². The van der Waals surface area contributed by atoms with Crippen molar-refractivity contribution < 1.29 is 14.6 Å². The van der Waals surface area contributed by atoms with Gasteiger partial charge in [0, 0.05) is 17.0 Å². The first-order chi connectivity index (χ1) is 10.2.